The van der Waals surface area contributed by atoms with Gasteiger partial charge in [0.2, 0.25) is 0 Å². The maximum absolute atomic E-state index is 12.0. The van der Waals surface area contributed by atoms with Crippen LogP contribution < -0.4 is 0 Å². The average molecular weight is 239 g/mol. The highest BCUT2D eigenvalue weighted by molar-refractivity contribution is 6.33. The number of hydrogen-bond acceptors (Lipinski definition) is 1. The molecule has 0 heterocycles. The maximum Gasteiger partial charge on any atom is 0.393 e. The Labute approximate surface area is 88.3 Å². The van der Waals surface area contributed by atoms with Gasteiger partial charge in [-0.15, -0.1) is 0 Å². The van der Waals surface area contributed by atoms with E-state index < -0.39 is 18.6 Å². The normalized spacial score (nSPS) is 11.5. The quantitative estimate of drug-likeness (QED) is 0.859. The Hall–Kier alpha value is -1.23. The Morgan fingerprint density at radius 3 is 2.47 bits per heavy atom. The molecular formula is C9H6ClF3O2. The summed E-state index contributed by atoms with van der Waals surface area (Å²) in [6.07, 6.45) is -5.52. The van der Waals surface area contributed by atoms with Gasteiger partial charge in [0.1, 0.15) is 0 Å². The van der Waals surface area contributed by atoms with Gasteiger partial charge in [0.05, 0.1) is 17.0 Å². The fourth-order valence-corrected chi connectivity index (χ4v) is 1.28. The van der Waals surface area contributed by atoms with Crippen LogP contribution in [0, 0.1) is 0 Å². The summed E-state index contributed by atoms with van der Waals surface area (Å²) < 4.78 is 36.0. The number of carbonyl (C=O) groups is 1. The van der Waals surface area contributed by atoms with E-state index in [9.17, 15) is 18.0 Å². The van der Waals surface area contributed by atoms with Crippen LogP contribution in [0.1, 0.15) is 15.9 Å². The van der Waals surface area contributed by atoms with Crippen molar-refractivity contribution in [3.8, 4) is 0 Å². The summed E-state index contributed by atoms with van der Waals surface area (Å²) in [5, 5.41) is 8.55. The standard InChI is InChI=1S/C9H6ClF3O2/c10-7-2-1-5(4-9(11,12)13)3-6(7)8(14)15/h1-3H,4H2,(H,14,15). The first-order chi connectivity index (χ1) is 6.79. The van der Waals surface area contributed by atoms with Gasteiger partial charge in [-0.1, -0.05) is 17.7 Å². The summed E-state index contributed by atoms with van der Waals surface area (Å²) >= 11 is 5.50. The molecule has 2 nitrogen and oxygen atoms in total. The molecule has 0 aliphatic carbocycles. The molecular weight excluding hydrogens is 233 g/mol. The van der Waals surface area contributed by atoms with E-state index in [1.807, 2.05) is 0 Å². The molecule has 15 heavy (non-hydrogen) atoms. The molecule has 0 amide bonds. The minimum absolute atomic E-state index is 0.0755. The van der Waals surface area contributed by atoms with Crippen LogP contribution in [0.25, 0.3) is 0 Å². The SMILES string of the molecule is O=C(O)c1cc(CC(F)(F)F)ccc1Cl. The largest absolute Gasteiger partial charge is 0.478 e. The van der Waals surface area contributed by atoms with Crippen LogP contribution in [0.5, 0.6) is 0 Å². The van der Waals surface area contributed by atoms with Crippen molar-refractivity contribution in [1.29, 1.82) is 0 Å². The van der Waals surface area contributed by atoms with Crippen LogP contribution >= 0.6 is 11.6 Å². The zero-order valence-electron chi connectivity index (χ0n) is 7.31. The zero-order valence-corrected chi connectivity index (χ0v) is 8.06. The van der Waals surface area contributed by atoms with Crippen molar-refractivity contribution in [2.75, 3.05) is 0 Å². The van der Waals surface area contributed by atoms with Gasteiger partial charge in [0.15, 0.2) is 0 Å². The van der Waals surface area contributed by atoms with Gasteiger partial charge in [-0.05, 0) is 17.7 Å². The fourth-order valence-electron chi connectivity index (χ4n) is 1.08. The lowest BCUT2D eigenvalue weighted by atomic mass is 10.1. The predicted octanol–water partition coefficient (Wildman–Crippen LogP) is 3.14. The molecule has 0 atom stereocenters. The van der Waals surface area contributed by atoms with Crippen LogP contribution in [-0.4, -0.2) is 17.3 Å². The first kappa shape index (κ1) is 11.8. The second-order valence-electron chi connectivity index (χ2n) is 2.91. The second-order valence-corrected chi connectivity index (χ2v) is 3.32. The van der Waals surface area contributed by atoms with Gasteiger partial charge in [-0.3, -0.25) is 0 Å². The molecule has 6 heteroatoms. The lowest BCUT2D eigenvalue weighted by Crippen LogP contribution is -2.12. The Morgan fingerprint density at radius 1 is 1.40 bits per heavy atom. The van der Waals surface area contributed by atoms with Gasteiger partial charge in [0.25, 0.3) is 0 Å². The van der Waals surface area contributed by atoms with Crippen molar-refractivity contribution in [3.63, 3.8) is 0 Å². The molecule has 1 rings (SSSR count). The average Bonchev–Trinajstić information content (AvgIpc) is 2.05. The van der Waals surface area contributed by atoms with E-state index in [4.69, 9.17) is 16.7 Å². The van der Waals surface area contributed by atoms with E-state index in [-0.39, 0.29) is 16.1 Å². The van der Waals surface area contributed by atoms with Gasteiger partial charge >= 0.3 is 12.1 Å². The van der Waals surface area contributed by atoms with Gasteiger partial charge in [-0.25, -0.2) is 4.79 Å². The molecule has 1 aromatic rings. The van der Waals surface area contributed by atoms with E-state index >= 15 is 0 Å². The Kier molecular flexibility index (Phi) is 3.24. The van der Waals surface area contributed by atoms with E-state index in [1.165, 1.54) is 0 Å². The van der Waals surface area contributed by atoms with Gasteiger partial charge < -0.3 is 5.11 Å². The molecule has 0 saturated heterocycles. The number of carboxylic acids is 1. The molecule has 1 N–H and O–H groups in total. The number of hydrogen-bond donors (Lipinski definition) is 1. The Morgan fingerprint density at radius 2 is 2.00 bits per heavy atom. The molecule has 0 fully saturated rings. The van der Waals surface area contributed by atoms with Gasteiger partial charge in [-0.2, -0.15) is 13.2 Å². The fraction of sp³-hybridized carbons (Fsp3) is 0.222. The molecule has 0 unspecified atom stereocenters. The summed E-state index contributed by atoms with van der Waals surface area (Å²) in [5.74, 6) is -1.34. The van der Waals surface area contributed by atoms with Crippen molar-refractivity contribution >= 4 is 17.6 Å². The maximum atomic E-state index is 12.0. The van der Waals surface area contributed by atoms with E-state index in [0.717, 1.165) is 18.2 Å². The number of halogens is 4. The highest BCUT2D eigenvalue weighted by Crippen LogP contribution is 2.24. The molecule has 0 aromatic heterocycles. The second kappa shape index (κ2) is 4.10. The summed E-state index contributed by atoms with van der Waals surface area (Å²) in [4.78, 5) is 10.6. The zero-order chi connectivity index (χ0) is 11.6. The molecule has 0 bridgehead atoms. The third kappa shape index (κ3) is 3.43. The highest BCUT2D eigenvalue weighted by atomic mass is 35.5. The Balaban J connectivity index is 3.03. The van der Waals surface area contributed by atoms with Crippen molar-refractivity contribution in [3.05, 3.63) is 34.3 Å². The minimum atomic E-state index is -4.36. The molecule has 0 aliphatic rings. The number of benzene rings is 1. The molecule has 82 valence electrons. The third-order valence-corrected chi connectivity index (χ3v) is 2.00. The number of alkyl halides is 3. The molecule has 0 aliphatic heterocycles. The van der Waals surface area contributed by atoms with Crippen molar-refractivity contribution in [2.45, 2.75) is 12.6 Å². The van der Waals surface area contributed by atoms with Crippen LogP contribution in [0.3, 0.4) is 0 Å². The number of aromatic carboxylic acids is 1. The summed E-state index contributed by atoms with van der Waals surface area (Å²) in [6, 6.07) is 3.23. The monoisotopic (exact) mass is 238 g/mol. The van der Waals surface area contributed by atoms with Crippen molar-refractivity contribution in [2.24, 2.45) is 0 Å². The highest BCUT2D eigenvalue weighted by Gasteiger charge is 2.28. The topological polar surface area (TPSA) is 37.3 Å². The number of rotatable bonds is 2. The predicted molar refractivity (Wildman–Crippen MR) is 48.2 cm³/mol. The lowest BCUT2D eigenvalue weighted by molar-refractivity contribution is -0.127. The van der Waals surface area contributed by atoms with Crippen LogP contribution in [0.2, 0.25) is 5.02 Å². The first-order valence-electron chi connectivity index (χ1n) is 3.88. The lowest BCUT2D eigenvalue weighted by Gasteiger charge is -2.07. The Bertz CT molecular complexity index is 387. The van der Waals surface area contributed by atoms with E-state index in [0.29, 0.717) is 0 Å². The summed E-state index contributed by atoms with van der Waals surface area (Å²) in [6.45, 7) is 0. The van der Waals surface area contributed by atoms with Crippen molar-refractivity contribution < 1.29 is 23.1 Å². The molecule has 0 spiro atoms. The molecule has 0 radical (unpaired) electrons. The smallest absolute Gasteiger partial charge is 0.393 e. The number of carboxylic acid groups (broad SMARTS) is 1. The van der Waals surface area contributed by atoms with Crippen LogP contribution in [0.4, 0.5) is 13.2 Å². The minimum Gasteiger partial charge on any atom is -0.478 e. The van der Waals surface area contributed by atoms with E-state index in [1.54, 1.807) is 0 Å². The van der Waals surface area contributed by atoms with Crippen molar-refractivity contribution in [1.82, 2.24) is 0 Å². The summed E-state index contributed by atoms with van der Waals surface area (Å²) in [7, 11) is 0. The van der Waals surface area contributed by atoms with Gasteiger partial charge in [0, 0.05) is 0 Å². The van der Waals surface area contributed by atoms with Crippen LogP contribution in [-0.2, 0) is 6.42 Å². The van der Waals surface area contributed by atoms with E-state index in [2.05, 4.69) is 0 Å². The van der Waals surface area contributed by atoms with Crippen LogP contribution in [0.15, 0.2) is 18.2 Å². The summed E-state index contributed by atoms with van der Waals surface area (Å²) in [5.41, 5.74) is -0.442. The molecule has 0 saturated carbocycles. The molecule has 1 aromatic carbocycles. The third-order valence-electron chi connectivity index (χ3n) is 1.67. The first-order valence-corrected chi connectivity index (χ1v) is 4.26.